The van der Waals surface area contributed by atoms with Crippen LogP contribution in [-0.2, 0) is 20.9 Å². The minimum atomic E-state index is -1.04. The number of amides is 1. The molecule has 2 heterocycles. The summed E-state index contributed by atoms with van der Waals surface area (Å²) in [5.74, 6) is -1.97. The first-order valence-corrected chi connectivity index (χ1v) is 9.57. The Morgan fingerprint density at radius 3 is 2.86 bits per heavy atom. The van der Waals surface area contributed by atoms with Crippen LogP contribution in [-0.4, -0.2) is 30.1 Å². The summed E-state index contributed by atoms with van der Waals surface area (Å²) in [7, 11) is 1.24. The number of methoxy groups -OCH3 is 1. The molecule has 4 rings (SSSR count). The minimum Gasteiger partial charge on any atom is -0.478 e. The number of aryl methyl sites for hydroxylation is 1. The van der Waals surface area contributed by atoms with Crippen LogP contribution in [0.2, 0.25) is 0 Å². The Labute approximate surface area is 168 Å². The molecule has 2 aromatic carbocycles. The van der Waals surface area contributed by atoms with Crippen molar-refractivity contribution in [3.05, 3.63) is 52.5 Å². The molecule has 1 unspecified atom stereocenters. The number of thiazole rings is 1. The summed E-state index contributed by atoms with van der Waals surface area (Å²) in [5, 5.41) is 0.434. The predicted molar refractivity (Wildman–Crippen MR) is 103 cm³/mol. The van der Waals surface area contributed by atoms with Gasteiger partial charge in [-0.25, -0.2) is 13.8 Å². The molecule has 0 aliphatic carbocycles. The van der Waals surface area contributed by atoms with Gasteiger partial charge in [0.1, 0.15) is 22.4 Å². The van der Waals surface area contributed by atoms with Crippen LogP contribution in [0.1, 0.15) is 17.0 Å². The lowest BCUT2D eigenvalue weighted by molar-refractivity contribution is -0.145. The van der Waals surface area contributed by atoms with Gasteiger partial charge in [0.25, 0.3) is 5.91 Å². The molecule has 0 bridgehead atoms. The van der Waals surface area contributed by atoms with E-state index < -0.39 is 29.6 Å². The Morgan fingerprint density at radius 2 is 2.10 bits per heavy atom. The van der Waals surface area contributed by atoms with Gasteiger partial charge in [-0.1, -0.05) is 6.07 Å². The molecule has 0 radical (unpaired) electrons. The first-order valence-electron chi connectivity index (χ1n) is 8.75. The van der Waals surface area contributed by atoms with Gasteiger partial charge in [0.2, 0.25) is 0 Å². The van der Waals surface area contributed by atoms with Crippen LogP contribution in [0.4, 0.5) is 14.5 Å². The van der Waals surface area contributed by atoms with E-state index in [1.54, 1.807) is 12.1 Å². The zero-order valence-corrected chi connectivity index (χ0v) is 16.4. The summed E-state index contributed by atoms with van der Waals surface area (Å²) in [4.78, 5) is 30.4. The lowest BCUT2D eigenvalue weighted by Gasteiger charge is -2.33. The van der Waals surface area contributed by atoms with Crippen molar-refractivity contribution in [2.45, 2.75) is 26.0 Å². The number of benzene rings is 2. The van der Waals surface area contributed by atoms with Crippen LogP contribution in [0, 0.1) is 18.6 Å². The van der Waals surface area contributed by atoms with Crippen molar-refractivity contribution < 1.29 is 27.8 Å². The molecule has 1 aliphatic rings. The molecule has 1 aromatic heterocycles. The van der Waals surface area contributed by atoms with Gasteiger partial charge in [-0.3, -0.25) is 14.5 Å². The van der Waals surface area contributed by atoms with E-state index in [-0.39, 0.29) is 23.2 Å². The molecule has 0 saturated heterocycles. The van der Waals surface area contributed by atoms with Gasteiger partial charge in [0, 0.05) is 12.1 Å². The number of halogens is 2. The highest BCUT2D eigenvalue weighted by Gasteiger charge is 2.36. The average Bonchev–Trinajstić information content (AvgIpc) is 3.08. The monoisotopic (exact) mass is 418 g/mol. The number of hydrogen-bond donors (Lipinski definition) is 0. The van der Waals surface area contributed by atoms with E-state index in [1.807, 2.05) is 13.0 Å². The van der Waals surface area contributed by atoms with Gasteiger partial charge >= 0.3 is 5.97 Å². The summed E-state index contributed by atoms with van der Waals surface area (Å²) >= 11 is 1.05. The van der Waals surface area contributed by atoms with Gasteiger partial charge in [-0.15, -0.1) is 11.3 Å². The normalized spacial score (nSPS) is 15.9. The van der Waals surface area contributed by atoms with Crippen molar-refractivity contribution >= 4 is 39.1 Å². The number of rotatable bonds is 4. The number of carbonyl (C=O) groups is 2. The highest BCUT2D eigenvalue weighted by Crippen LogP contribution is 2.37. The fraction of sp³-hybridized carbons (Fsp3) is 0.250. The molecule has 1 atom stereocenters. The largest absolute Gasteiger partial charge is 0.478 e. The Morgan fingerprint density at radius 1 is 1.31 bits per heavy atom. The van der Waals surface area contributed by atoms with Crippen LogP contribution in [0.5, 0.6) is 5.75 Å². The second-order valence-electron chi connectivity index (χ2n) is 6.63. The molecule has 1 amide bonds. The standard InChI is InChI=1S/C20H16F2N2O4S/c1-10-3-4-15-14(5-10)24(20(26)16(28-15)8-18(25)27-2)9-17-23-13-7-11(21)6-12(22)19(13)29-17/h3-7,16H,8-9H2,1-2H3. The molecule has 3 aromatic rings. The number of fused-ring (bicyclic) bond motifs is 2. The third kappa shape index (κ3) is 3.65. The maximum absolute atomic E-state index is 14.0. The third-order valence-electron chi connectivity index (χ3n) is 4.54. The zero-order chi connectivity index (χ0) is 20.7. The predicted octanol–water partition coefficient (Wildman–Crippen LogP) is 3.74. The van der Waals surface area contributed by atoms with Crippen molar-refractivity contribution in [2.24, 2.45) is 0 Å². The number of hydrogen-bond acceptors (Lipinski definition) is 6. The number of carbonyl (C=O) groups excluding carboxylic acids is 2. The lowest BCUT2D eigenvalue weighted by atomic mass is 10.1. The van der Waals surface area contributed by atoms with Crippen molar-refractivity contribution in [3.8, 4) is 5.75 Å². The molecule has 150 valence electrons. The second kappa shape index (κ2) is 7.40. The molecule has 0 N–H and O–H groups in total. The first kappa shape index (κ1) is 19.3. The van der Waals surface area contributed by atoms with E-state index in [0.29, 0.717) is 16.4 Å². The Bertz CT molecular complexity index is 1130. The van der Waals surface area contributed by atoms with Crippen LogP contribution < -0.4 is 9.64 Å². The van der Waals surface area contributed by atoms with Gasteiger partial charge in [-0.05, 0) is 24.6 Å². The fourth-order valence-electron chi connectivity index (χ4n) is 3.17. The van der Waals surface area contributed by atoms with Crippen molar-refractivity contribution in [3.63, 3.8) is 0 Å². The van der Waals surface area contributed by atoms with E-state index in [2.05, 4.69) is 9.72 Å². The van der Waals surface area contributed by atoms with E-state index in [1.165, 1.54) is 12.0 Å². The number of nitrogens with zero attached hydrogens (tertiary/aromatic N) is 2. The zero-order valence-electron chi connectivity index (χ0n) is 15.6. The van der Waals surface area contributed by atoms with Gasteiger partial charge < -0.3 is 9.47 Å². The highest BCUT2D eigenvalue weighted by atomic mass is 32.1. The fourth-order valence-corrected chi connectivity index (χ4v) is 4.11. The summed E-state index contributed by atoms with van der Waals surface area (Å²) in [6.45, 7) is 1.91. The third-order valence-corrected chi connectivity index (χ3v) is 5.61. The number of anilines is 1. The molecule has 1 aliphatic heterocycles. The Kier molecular flexibility index (Phi) is 4.91. The first-order chi connectivity index (χ1) is 13.9. The van der Waals surface area contributed by atoms with E-state index in [0.717, 1.165) is 29.0 Å². The molecule has 0 fully saturated rings. The van der Waals surface area contributed by atoms with Crippen LogP contribution in [0.15, 0.2) is 30.3 Å². The average molecular weight is 418 g/mol. The summed E-state index contributed by atoms with van der Waals surface area (Å²) in [5.41, 5.74) is 1.63. The molecular formula is C20H16F2N2O4S. The van der Waals surface area contributed by atoms with Gasteiger partial charge in [0.15, 0.2) is 6.10 Å². The topological polar surface area (TPSA) is 68.7 Å². The van der Waals surface area contributed by atoms with E-state index in [9.17, 15) is 18.4 Å². The van der Waals surface area contributed by atoms with E-state index in [4.69, 9.17) is 4.74 Å². The maximum atomic E-state index is 14.0. The quantitative estimate of drug-likeness (QED) is 0.604. The van der Waals surface area contributed by atoms with Crippen LogP contribution in [0.25, 0.3) is 10.2 Å². The summed E-state index contributed by atoms with van der Waals surface area (Å²) in [6, 6.07) is 7.29. The van der Waals surface area contributed by atoms with E-state index >= 15 is 0 Å². The molecular weight excluding hydrogens is 402 g/mol. The van der Waals surface area contributed by atoms with Crippen molar-refractivity contribution in [1.29, 1.82) is 0 Å². The van der Waals surface area contributed by atoms with Gasteiger partial charge in [-0.2, -0.15) is 0 Å². The van der Waals surface area contributed by atoms with Crippen LogP contribution in [0.3, 0.4) is 0 Å². The minimum absolute atomic E-state index is 0.0384. The molecule has 0 spiro atoms. The highest BCUT2D eigenvalue weighted by molar-refractivity contribution is 7.18. The number of ether oxygens (including phenoxy) is 2. The summed E-state index contributed by atoms with van der Waals surface area (Å²) < 4.78 is 38.1. The van der Waals surface area contributed by atoms with Gasteiger partial charge in [0.05, 0.1) is 36.0 Å². The number of esters is 1. The number of aromatic nitrogens is 1. The Balaban J connectivity index is 1.72. The summed E-state index contributed by atoms with van der Waals surface area (Å²) in [6.07, 6.45) is -1.28. The molecule has 29 heavy (non-hydrogen) atoms. The molecule has 0 saturated carbocycles. The van der Waals surface area contributed by atoms with Crippen molar-refractivity contribution in [2.75, 3.05) is 12.0 Å². The lowest BCUT2D eigenvalue weighted by Crippen LogP contribution is -2.46. The van der Waals surface area contributed by atoms with Crippen molar-refractivity contribution in [1.82, 2.24) is 4.98 Å². The second-order valence-corrected chi connectivity index (χ2v) is 7.71. The molecule has 6 nitrogen and oxygen atoms in total. The maximum Gasteiger partial charge on any atom is 0.309 e. The molecule has 9 heteroatoms. The van der Waals surface area contributed by atoms with Crippen LogP contribution >= 0.6 is 11.3 Å². The SMILES string of the molecule is COC(=O)CC1Oc2ccc(C)cc2N(Cc2nc3cc(F)cc(F)c3s2)C1=O. The Hall–Kier alpha value is -3.07. The smallest absolute Gasteiger partial charge is 0.309 e.